The summed E-state index contributed by atoms with van der Waals surface area (Å²) in [7, 11) is 0. The monoisotopic (exact) mass is 372 g/mol. The molecule has 5 heteroatoms. The summed E-state index contributed by atoms with van der Waals surface area (Å²) in [5.41, 5.74) is 1.48. The van der Waals surface area contributed by atoms with E-state index in [4.69, 9.17) is 0 Å². The van der Waals surface area contributed by atoms with Crippen LogP contribution in [0.2, 0.25) is 0 Å². The molecular weight excluding hydrogens is 355 g/mol. The first-order valence-electron chi connectivity index (χ1n) is 8.82. The fourth-order valence-electron chi connectivity index (χ4n) is 3.21. The number of nitrogens with one attached hydrogen (secondary N) is 1. The van der Waals surface area contributed by atoms with Crippen LogP contribution in [-0.4, -0.2) is 16.0 Å². The van der Waals surface area contributed by atoms with E-state index in [9.17, 15) is 14.3 Å². The van der Waals surface area contributed by atoms with Gasteiger partial charge in [-0.05, 0) is 24.3 Å². The Morgan fingerprint density at radius 2 is 1.64 bits per heavy atom. The number of hydrogen-bond acceptors (Lipinski definition) is 3. The number of nitrogens with zero attached hydrogens (tertiary/aromatic N) is 1. The van der Waals surface area contributed by atoms with E-state index in [1.165, 1.54) is 6.07 Å². The highest BCUT2D eigenvalue weighted by Gasteiger charge is 2.24. The molecular formula is C23H17FN2O2. The van der Waals surface area contributed by atoms with Gasteiger partial charge in [0.1, 0.15) is 17.1 Å². The third-order valence-electron chi connectivity index (χ3n) is 4.62. The summed E-state index contributed by atoms with van der Waals surface area (Å²) in [5.74, 6) is -0.921. The van der Waals surface area contributed by atoms with Gasteiger partial charge in [0, 0.05) is 28.3 Å². The number of halogens is 1. The van der Waals surface area contributed by atoms with Crippen LogP contribution in [0.25, 0.3) is 10.9 Å². The Labute approximate surface area is 161 Å². The molecule has 138 valence electrons. The van der Waals surface area contributed by atoms with Crippen molar-refractivity contribution < 1.29 is 14.3 Å². The van der Waals surface area contributed by atoms with E-state index in [-0.39, 0.29) is 17.2 Å². The van der Waals surface area contributed by atoms with Crippen molar-refractivity contribution in [2.24, 2.45) is 0 Å². The van der Waals surface area contributed by atoms with Gasteiger partial charge in [0.25, 0.3) is 5.91 Å². The second-order valence-corrected chi connectivity index (χ2v) is 6.37. The van der Waals surface area contributed by atoms with Gasteiger partial charge in [-0.1, -0.05) is 54.6 Å². The van der Waals surface area contributed by atoms with E-state index < -0.39 is 11.9 Å². The second kappa shape index (κ2) is 7.48. The average Bonchev–Trinajstić information content (AvgIpc) is 2.74. The number of carbonyl (C=O) groups is 1. The van der Waals surface area contributed by atoms with Gasteiger partial charge in [-0.3, -0.25) is 9.78 Å². The molecule has 1 aromatic heterocycles. The SMILES string of the molecule is O=C(NC(c1ccccc1F)c1ccc2cccnc2c1O)c1ccccc1. The Morgan fingerprint density at radius 1 is 0.893 bits per heavy atom. The van der Waals surface area contributed by atoms with E-state index in [0.29, 0.717) is 16.6 Å². The number of benzene rings is 3. The quantitative estimate of drug-likeness (QED) is 0.550. The summed E-state index contributed by atoms with van der Waals surface area (Å²) in [4.78, 5) is 17.0. The molecule has 4 rings (SSSR count). The van der Waals surface area contributed by atoms with Crippen LogP contribution in [0.15, 0.2) is 85.1 Å². The topological polar surface area (TPSA) is 62.2 Å². The summed E-state index contributed by atoms with van der Waals surface area (Å²) in [6, 6.07) is 21.1. The van der Waals surface area contributed by atoms with Crippen molar-refractivity contribution in [2.75, 3.05) is 0 Å². The molecule has 0 aliphatic carbocycles. The highest BCUT2D eigenvalue weighted by Crippen LogP contribution is 2.35. The third-order valence-corrected chi connectivity index (χ3v) is 4.62. The maximum absolute atomic E-state index is 14.6. The number of phenolic OH excluding ortho intramolecular Hbond substituents is 1. The lowest BCUT2D eigenvalue weighted by Gasteiger charge is -2.22. The number of pyridine rings is 1. The predicted molar refractivity (Wildman–Crippen MR) is 106 cm³/mol. The lowest BCUT2D eigenvalue weighted by molar-refractivity contribution is 0.0942. The molecule has 0 aliphatic heterocycles. The summed E-state index contributed by atoms with van der Waals surface area (Å²) in [6.45, 7) is 0. The third kappa shape index (κ3) is 3.30. The van der Waals surface area contributed by atoms with E-state index >= 15 is 0 Å². The number of aromatic hydroxyl groups is 1. The molecule has 0 radical (unpaired) electrons. The van der Waals surface area contributed by atoms with Crippen LogP contribution in [0.5, 0.6) is 5.75 Å². The van der Waals surface area contributed by atoms with Gasteiger partial charge in [0.05, 0.1) is 6.04 Å². The minimum Gasteiger partial charge on any atom is -0.505 e. The van der Waals surface area contributed by atoms with Gasteiger partial charge >= 0.3 is 0 Å². The Kier molecular flexibility index (Phi) is 4.72. The van der Waals surface area contributed by atoms with Crippen LogP contribution in [0.4, 0.5) is 4.39 Å². The van der Waals surface area contributed by atoms with Gasteiger partial charge in [-0.15, -0.1) is 0 Å². The number of fused-ring (bicyclic) bond motifs is 1. The van der Waals surface area contributed by atoms with E-state index in [1.807, 2.05) is 12.1 Å². The van der Waals surface area contributed by atoms with E-state index in [2.05, 4.69) is 10.3 Å². The first-order valence-corrected chi connectivity index (χ1v) is 8.82. The molecule has 2 N–H and O–H groups in total. The molecule has 0 saturated heterocycles. The molecule has 0 aliphatic rings. The van der Waals surface area contributed by atoms with Gasteiger partial charge < -0.3 is 10.4 Å². The summed E-state index contributed by atoms with van der Waals surface area (Å²) in [6.07, 6.45) is 1.58. The molecule has 3 aromatic carbocycles. The Hall–Kier alpha value is -3.73. The zero-order valence-electron chi connectivity index (χ0n) is 14.8. The normalized spacial score (nSPS) is 11.9. The molecule has 1 unspecified atom stereocenters. The fraction of sp³-hybridized carbons (Fsp3) is 0.0435. The van der Waals surface area contributed by atoms with Crippen molar-refractivity contribution in [2.45, 2.75) is 6.04 Å². The first-order chi connectivity index (χ1) is 13.6. The van der Waals surface area contributed by atoms with E-state index in [1.54, 1.807) is 66.9 Å². The lowest BCUT2D eigenvalue weighted by Crippen LogP contribution is -2.30. The number of rotatable bonds is 4. The molecule has 4 aromatic rings. The van der Waals surface area contributed by atoms with Gasteiger partial charge in [-0.2, -0.15) is 0 Å². The second-order valence-electron chi connectivity index (χ2n) is 6.37. The molecule has 0 spiro atoms. The predicted octanol–water partition coefficient (Wildman–Crippen LogP) is 4.60. The van der Waals surface area contributed by atoms with Crippen LogP contribution in [-0.2, 0) is 0 Å². The van der Waals surface area contributed by atoms with Gasteiger partial charge in [0.2, 0.25) is 0 Å². The lowest BCUT2D eigenvalue weighted by atomic mass is 9.95. The van der Waals surface area contributed by atoms with E-state index in [0.717, 1.165) is 5.39 Å². The van der Waals surface area contributed by atoms with Crippen molar-refractivity contribution in [1.82, 2.24) is 10.3 Å². The van der Waals surface area contributed by atoms with Gasteiger partial charge in [0.15, 0.2) is 0 Å². The van der Waals surface area contributed by atoms with Crippen LogP contribution >= 0.6 is 0 Å². The Morgan fingerprint density at radius 3 is 2.43 bits per heavy atom. The number of amides is 1. The van der Waals surface area contributed by atoms with Crippen LogP contribution in [0.3, 0.4) is 0 Å². The molecule has 28 heavy (non-hydrogen) atoms. The summed E-state index contributed by atoms with van der Waals surface area (Å²) < 4.78 is 14.6. The van der Waals surface area contributed by atoms with Crippen LogP contribution in [0, 0.1) is 5.82 Å². The molecule has 0 fully saturated rings. The van der Waals surface area contributed by atoms with Crippen molar-refractivity contribution in [1.29, 1.82) is 0 Å². The van der Waals surface area contributed by atoms with Crippen molar-refractivity contribution in [3.63, 3.8) is 0 Å². The van der Waals surface area contributed by atoms with Gasteiger partial charge in [-0.25, -0.2) is 4.39 Å². The molecule has 4 nitrogen and oxygen atoms in total. The Bertz CT molecular complexity index is 1150. The van der Waals surface area contributed by atoms with Crippen LogP contribution < -0.4 is 5.32 Å². The molecule has 1 amide bonds. The standard InChI is InChI=1S/C23H17FN2O2/c24-19-11-5-4-10-17(19)21(26-23(28)16-7-2-1-3-8-16)18-13-12-15-9-6-14-25-20(15)22(18)27/h1-14,21,27H,(H,26,28). The highest BCUT2D eigenvalue weighted by atomic mass is 19.1. The zero-order valence-corrected chi connectivity index (χ0v) is 14.8. The maximum Gasteiger partial charge on any atom is 0.252 e. The van der Waals surface area contributed by atoms with Crippen LogP contribution in [0.1, 0.15) is 27.5 Å². The number of aromatic nitrogens is 1. The smallest absolute Gasteiger partial charge is 0.252 e. The summed E-state index contributed by atoms with van der Waals surface area (Å²) in [5, 5.41) is 14.4. The molecule has 1 heterocycles. The summed E-state index contributed by atoms with van der Waals surface area (Å²) >= 11 is 0. The Balaban J connectivity index is 1.83. The number of phenols is 1. The fourth-order valence-corrected chi connectivity index (χ4v) is 3.21. The van der Waals surface area contributed by atoms with Crippen molar-refractivity contribution in [3.05, 3.63) is 108 Å². The maximum atomic E-state index is 14.6. The first kappa shape index (κ1) is 17.7. The number of hydrogen-bond donors (Lipinski definition) is 2. The minimum atomic E-state index is -0.875. The average molecular weight is 372 g/mol. The van der Waals surface area contributed by atoms with Crippen molar-refractivity contribution >= 4 is 16.8 Å². The molecule has 1 atom stereocenters. The molecule has 0 bridgehead atoms. The highest BCUT2D eigenvalue weighted by molar-refractivity contribution is 5.95. The molecule has 0 saturated carbocycles. The zero-order chi connectivity index (χ0) is 19.5. The minimum absolute atomic E-state index is 0.0836. The van der Waals surface area contributed by atoms with Crippen molar-refractivity contribution in [3.8, 4) is 5.75 Å². The largest absolute Gasteiger partial charge is 0.505 e. The number of carbonyl (C=O) groups excluding carboxylic acids is 1.